The van der Waals surface area contributed by atoms with Crippen molar-refractivity contribution in [2.45, 2.75) is 19.1 Å². The van der Waals surface area contributed by atoms with Crippen LogP contribution in [0.2, 0.25) is 0 Å². The molecule has 1 aliphatic carbocycles. The number of nitrogens with one attached hydrogen (secondary N) is 2. The first kappa shape index (κ1) is 16.6. The maximum Gasteiger partial charge on any atom is 0.408 e. The molecule has 127 valence electrons. The molecule has 3 rings (SSSR count). The van der Waals surface area contributed by atoms with Crippen LogP contribution in [0.5, 0.6) is 0 Å². The van der Waals surface area contributed by atoms with Crippen molar-refractivity contribution in [3.05, 3.63) is 83.2 Å². The van der Waals surface area contributed by atoms with Gasteiger partial charge >= 0.3 is 12.1 Å². The highest BCUT2D eigenvalue weighted by Gasteiger charge is 2.28. The molecule has 0 saturated heterocycles. The van der Waals surface area contributed by atoms with Crippen LogP contribution < -0.4 is 10.6 Å². The molecular formula is C19H17N2O4. The first-order chi connectivity index (χ1) is 12.1. The van der Waals surface area contributed by atoms with E-state index < -0.39 is 18.1 Å². The number of alkyl carbamates (subject to hydrolysis) is 1. The summed E-state index contributed by atoms with van der Waals surface area (Å²) in [6, 6.07) is 8.98. The van der Waals surface area contributed by atoms with Gasteiger partial charge in [-0.2, -0.15) is 0 Å². The molecule has 3 N–H and O–H groups in total. The second kappa shape index (κ2) is 7.55. The molecule has 1 heterocycles. The predicted molar refractivity (Wildman–Crippen MR) is 91.0 cm³/mol. The Bertz CT molecular complexity index is 789. The van der Waals surface area contributed by atoms with Crippen LogP contribution in [0, 0.1) is 6.04 Å². The lowest BCUT2D eigenvalue weighted by atomic mass is 9.95. The number of benzene rings is 1. The average molecular weight is 337 g/mol. The van der Waals surface area contributed by atoms with E-state index in [1.807, 2.05) is 36.4 Å². The predicted octanol–water partition coefficient (Wildman–Crippen LogP) is 2.43. The van der Waals surface area contributed by atoms with Gasteiger partial charge in [-0.05, 0) is 34.9 Å². The van der Waals surface area contributed by atoms with Crippen LogP contribution in [0.4, 0.5) is 4.79 Å². The van der Waals surface area contributed by atoms with Crippen molar-refractivity contribution in [3.8, 4) is 0 Å². The summed E-state index contributed by atoms with van der Waals surface area (Å²) in [5.41, 5.74) is 5.50. The Labute approximate surface area is 145 Å². The minimum atomic E-state index is -1.12. The van der Waals surface area contributed by atoms with E-state index in [2.05, 4.69) is 16.4 Å². The SMILES string of the molecule is O=C(N[C@H](CC1=CN[C]2C=C=CC=C21)C(=O)O)OCc1ccccc1. The van der Waals surface area contributed by atoms with Gasteiger partial charge in [0.25, 0.3) is 0 Å². The molecule has 1 aromatic rings. The van der Waals surface area contributed by atoms with Crippen molar-refractivity contribution >= 4 is 12.1 Å². The fourth-order valence-corrected chi connectivity index (χ4v) is 2.57. The minimum absolute atomic E-state index is 0.0853. The average Bonchev–Trinajstić information content (AvgIpc) is 3.03. The molecule has 2 aliphatic rings. The molecule has 1 aliphatic heterocycles. The summed E-state index contributed by atoms with van der Waals surface area (Å²) in [7, 11) is 0. The molecule has 25 heavy (non-hydrogen) atoms. The third kappa shape index (κ3) is 4.19. The monoisotopic (exact) mass is 337 g/mol. The Morgan fingerprint density at radius 2 is 2.08 bits per heavy atom. The van der Waals surface area contributed by atoms with Gasteiger partial charge in [0.15, 0.2) is 0 Å². The van der Waals surface area contributed by atoms with E-state index in [4.69, 9.17) is 4.74 Å². The number of aliphatic carboxylic acids is 1. The number of rotatable bonds is 6. The lowest BCUT2D eigenvalue weighted by molar-refractivity contribution is -0.139. The second-order valence-corrected chi connectivity index (χ2v) is 5.59. The molecule has 0 fully saturated rings. The van der Waals surface area contributed by atoms with Crippen LogP contribution in [0.3, 0.4) is 0 Å². The number of amides is 1. The maximum absolute atomic E-state index is 11.9. The first-order valence-electron chi connectivity index (χ1n) is 7.79. The van der Waals surface area contributed by atoms with Gasteiger partial charge in [-0.1, -0.05) is 30.3 Å². The Balaban J connectivity index is 1.56. The van der Waals surface area contributed by atoms with E-state index >= 15 is 0 Å². The topological polar surface area (TPSA) is 87.7 Å². The van der Waals surface area contributed by atoms with E-state index in [-0.39, 0.29) is 13.0 Å². The summed E-state index contributed by atoms with van der Waals surface area (Å²) in [6.07, 6.45) is 6.54. The van der Waals surface area contributed by atoms with E-state index in [1.165, 1.54) is 0 Å². The normalized spacial score (nSPS) is 16.3. The Hall–Kier alpha value is -3.24. The van der Waals surface area contributed by atoms with Gasteiger partial charge in [0.05, 0.1) is 0 Å². The maximum atomic E-state index is 11.9. The van der Waals surface area contributed by atoms with E-state index in [0.717, 1.165) is 22.8 Å². The van der Waals surface area contributed by atoms with Gasteiger partial charge in [0.2, 0.25) is 0 Å². The van der Waals surface area contributed by atoms with Gasteiger partial charge in [-0.15, -0.1) is 5.73 Å². The van der Waals surface area contributed by atoms with E-state index in [9.17, 15) is 14.7 Å². The number of fused-ring (bicyclic) bond motifs is 1. The number of carbonyl (C=O) groups is 2. The molecule has 0 spiro atoms. The summed E-state index contributed by atoms with van der Waals surface area (Å²) >= 11 is 0. The van der Waals surface area contributed by atoms with Gasteiger partial charge in [0, 0.05) is 12.6 Å². The molecule has 6 heteroatoms. The molecule has 0 saturated carbocycles. The number of carbonyl (C=O) groups excluding carboxylic acids is 1. The van der Waals surface area contributed by atoms with Crippen LogP contribution in [0.15, 0.2) is 71.6 Å². The standard InChI is InChI=1S/C19H17N2O4/c22-18(23)17(10-14-11-20-16-9-5-4-8-15(14)16)21-19(24)25-12-13-6-2-1-3-7-13/h1-4,6-9,11,17,20H,10,12H2,(H,21,24)(H,22,23)/t17-/m1/s1. The fraction of sp³-hybridized carbons (Fsp3) is 0.158. The number of hydrogen-bond acceptors (Lipinski definition) is 4. The minimum Gasteiger partial charge on any atom is -0.480 e. The van der Waals surface area contributed by atoms with Crippen LogP contribution in [-0.4, -0.2) is 23.2 Å². The molecule has 0 bridgehead atoms. The first-order valence-corrected chi connectivity index (χ1v) is 7.79. The summed E-state index contributed by atoms with van der Waals surface area (Å²) in [5.74, 6) is -1.12. The van der Waals surface area contributed by atoms with E-state index in [0.29, 0.717) is 0 Å². The van der Waals surface area contributed by atoms with Crippen LogP contribution in [0.1, 0.15) is 12.0 Å². The lowest BCUT2D eigenvalue weighted by Crippen LogP contribution is -2.41. The molecule has 0 unspecified atom stereocenters. The zero-order valence-electron chi connectivity index (χ0n) is 13.4. The smallest absolute Gasteiger partial charge is 0.408 e. The number of carboxylic acids is 1. The molecule has 1 atom stereocenters. The van der Waals surface area contributed by atoms with Crippen molar-refractivity contribution in [2.75, 3.05) is 0 Å². The quantitative estimate of drug-likeness (QED) is 0.694. The van der Waals surface area contributed by atoms with Crippen molar-refractivity contribution < 1.29 is 19.4 Å². The van der Waals surface area contributed by atoms with Crippen molar-refractivity contribution in [1.82, 2.24) is 10.6 Å². The van der Waals surface area contributed by atoms with Gasteiger partial charge in [-0.25, -0.2) is 9.59 Å². The highest BCUT2D eigenvalue weighted by molar-refractivity contribution is 5.80. The highest BCUT2D eigenvalue weighted by atomic mass is 16.5. The van der Waals surface area contributed by atoms with Crippen LogP contribution >= 0.6 is 0 Å². The number of ether oxygens (including phenoxy) is 1. The molecule has 0 aromatic heterocycles. The molecular weight excluding hydrogens is 320 g/mol. The summed E-state index contributed by atoms with van der Waals surface area (Å²) in [6.45, 7) is 0.0853. The fourth-order valence-electron chi connectivity index (χ4n) is 2.57. The van der Waals surface area contributed by atoms with Crippen molar-refractivity contribution in [2.24, 2.45) is 0 Å². The van der Waals surface area contributed by atoms with Crippen LogP contribution in [-0.2, 0) is 16.1 Å². The zero-order valence-corrected chi connectivity index (χ0v) is 13.4. The van der Waals surface area contributed by atoms with Gasteiger partial charge < -0.3 is 20.5 Å². The van der Waals surface area contributed by atoms with Gasteiger partial charge in [-0.3, -0.25) is 0 Å². The zero-order chi connectivity index (χ0) is 17.6. The Kier molecular flexibility index (Phi) is 5.02. The van der Waals surface area contributed by atoms with E-state index in [1.54, 1.807) is 18.4 Å². The second-order valence-electron chi connectivity index (χ2n) is 5.59. The van der Waals surface area contributed by atoms with Crippen LogP contribution in [0.25, 0.3) is 0 Å². The van der Waals surface area contributed by atoms with Crippen molar-refractivity contribution in [1.29, 1.82) is 0 Å². The number of allylic oxidation sites excluding steroid dienone is 1. The third-order valence-corrected chi connectivity index (χ3v) is 3.84. The summed E-state index contributed by atoms with van der Waals surface area (Å²) in [5, 5.41) is 14.9. The highest BCUT2D eigenvalue weighted by Crippen LogP contribution is 2.31. The number of hydrogen-bond donors (Lipinski definition) is 3. The molecule has 6 nitrogen and oxygen atoms in total. The van der Waals surface area contributed by atoms with Gasteiger partial charge in [0.1, 0.15) is 18.7 Å². The Morgan fingerprint density at radius 1 is 1.28 bits per heavy atom. The summed E-state index contributed by atoms with van der Waals surface area (Å²) < 4.78 is 5.09. The van der Waals surface area contributed by atoms with Crippen molar-refractivity contribution in [3.63, 3.8) is 0 Å². The lowest BCUT2D eigenvalue weighted by Gasteiger charge is -2.17. The largest absolute Gasteiger partial charge is 0.480 e. The molecule has 1 radical (unpaired) electrons. The third-order valence-electron chi connectivity index (χ3n) is 3.84. The molecule has 1 aromatic carbocycles. The number of carboxylic acid groups (broad SMARTS) is 1. The summed E-state index contributed by atoms with van der Waals surface area (Å²) in [4.78, 5) is 23.4. The molecule has 1 amide bonds. The Morgan fingerprint density at radius 3 is 2.84 bits per heavy atom.